The largest absolute Gasteiger partial charge is 0.497 e. The van der Waals surface area contributed by atoms with E-state index in [0.717, 1.165) is 34.9 Å². The van der Waals surface area contributed by atoms with Gasteiger partial charge in [0.15, 0.2) is 0 Å². The van der Waals surface area contributed by atoms with Crippen molar-refractivity contribution < 1.29 is 17.9 Å². The second kappa shape index (κ2) is 9.41. The number of rotatable bonds is 7. The number of allylic oxidation sites excluding steroid dienone is 2. The zero-order valence-electron chi connectivity index (χ0n) is 19.9. The maximum atomic E-state index is 13.2. The lowest BCUT2D eigenvalue weighted by atomic mass is 9.77. The topological polar surface area (TPSA) is 76.7 Å². The Morgan fingerprint density at radius 2 is 1.83 bits per heavy atom. The molecule has 0 spiro atoms. The van der Waals surface area contributed by atoms with Crippen molar-refractivity contribution in [1.29, 1.82) is 0 Å². The normalized spacial score (nSPS) is 22.6. The highest BCUT2D eigenvalue weighted by Gasteiger charge is 2.38. The third kappa shape index (κ3) is 4.44. The molecule has 0 radical (unpaired) electrons. The highest BCUT2D eigenvalue weighted by Crippen LogP contribution is 2.50. The second-order valence-corrected chi connectivity index (χ2v) is 12.2. The van der Waals surface area contributed by atoms with Crippen LogP contribution in [0.5, 0.6) is 11.5 Å². The fourth-order valence-corrected chi connectivity index (χ4v) is 6.85. The molecule has 0 aromatic heterocycles. The molecule has 0 saturated carbocycles. The van der Waals surface area contributed by atoms with Crippen molar-refractivity contribution in [2.75, 3.05) is 28.7 Å². The summed E-state index contributed by atoms with van der Waals surface area (Å²) in [6.45, 7) is 0. The Kier molecular flexibility index (Phi) is 6.09. The van der Waals surface area contributed by atoms with Gasteiger partial charge in [-0.2, -0.15) is 11.8 Å². The van der Waals surface area contributed by atoms with Gasteiger partial charge in [0, 0.05) is 29.2 Å². The molecule has 36 heavy (non-hydrogen) atoms. The molecule has 186 valence electrons. The number of thioether (sulfide) groups is 1. The van der Waals surface area contributed by atoms with Crippen molar-refractivity contribution in [3.8, 4) is 11.5 Å². The lowest BCUT2D eigenvalue weighted by Gasteiger charge is -2.38. The van der Waals surface area contributed by atoms with E-state index in [1.54, 1.807) is 37.4 Å². The highest BCUT2D eigenvalue weighted by atomic mass is 32.2. The van der Waals surface area contributed by atoms with Crippen molar-refractivity contribution in [3.05, 3.63) is 90.0 Å². The summed E-state index contributed by atoms with van der Waals surface area (Å²) in [5, 5.41) is 3.69. The molecule has 1 fully saturated rings. The minimum Gasteiger partial charge on any atom is -0.497 e. The molecule has 6 nitrogen and oxygen atoms in total. The summed E-state index contributed by atoms with van der Waals surface area (Å²) in [5.41, 5.74) is 3.67. The Labute approximate surface area is 216 Å². The molecular formula is C28H28N2O4S2. The number of benzene rings is 3. The summed E-state index contributed by atoms with van der Waals surface area (Å²) in [4.78, 5) is 0.249. The summed E-state index contributed by atoms with van der Waals surface area (Å²) in [7, 11) is -2.20. The number of anilines is 2. The van der Waals surface area contributed by atoms with Gasteiger partial charge in [-0.25, -0.2) is 8.42 Å². The van der Waals surface area contributed by atoms with E-state index in [9.17, 15) is 8.42 Å². The lowest BCUT2D eigenvalue weighted by molar-refractivity contribution is 0.240. The number of sulfonamides is 1. The number of fused-ring (bicyclic) bond motifs is 3. The van der Waals surface area contributed by atoms with Crippen LogP contribution in [-0.2, 0) is 10.0 Å². The predicted octanol–water partition coefficient (Wildman–Crippen LogP) is 5.82. The average Bonchev–Trinajstić information content (AvgIpc) is 3.36. The maximum Gasteiger partial charge on any atom is 0.261 e. The molecule has 0 bridgehead atoms. The first-order valence-corrected chi connectivity index (χ1v) is 14.7. The molecule has 2 N–H and O–H groups in total. The van der Waals surface area contributed by atoms with Crippen LogP contribution in [0.3, 0.4) is 0 Å². The van der Waals surface area contributed by atoms with Gasteiger partial charge < -0.3 is 14.8 Å². The van der Waals surface area contributed by atoms with Crippen LogP contribution in [0.1, 0.15) is 29.5 Å². The van der Waals surface area contributed by atoms with E-state index in [1.165, 1.54) is 5.56 Å². The maximum absolute atomic E-state index is 13.2. The number of nitrogens with one attached hydrogen (secondary N) is 2. The summed E-state index contributed by atoms with van der Waals surface area (Å²) >= 11 is 1.91. The van der Waals surface area contributed by atoms with Crippen LogP contribution in [0.25, 0.3) is 0 Å². The highest BCUT2D eigenvalue weighted by molar-refractivity contribution is 8.00. The van der Waals surface area contributed by atoms with E-state index in [-0.39, 0.29) is 16.9 Å². The molecule has 0 unspecified atom stereocenters. The van der Waals surface area contributed by atoms with Crippen LogP contribution in [-0.4, -0.2) is 33.1 Å². The lowest BCUT2D eigenvalue weighted by Crippen LogP contribution is -2.31. The number of ether oxygens (including phenoxy) is 2. The van der Waals surface area contributed by atoms with Crippen molar-refractivity contribution >= 4 is 33.2 Å². The quantitative estimate of drug-likeness (QED) is 0.383. The van der Waals surface area contributed by atoms with E-state index < -0.39 is 10.0 Å². The van der Waals surface area contributed by atoms with Crippen molar-refractivity contribution in [1.82, 2.24) is 0 Å². The van der Waals surface area contributed by atoms with Crippen molar-refractivity contribution in [2.24, 2.45) is 5.92 Å². The molecule has 3 aromatic carbocycles. The smallest absolute Gasteiger partial charge is 0.261 e. The Balaban J connectivity index is 1.25. The zero-order valence-corrected chi connectivity index (χ0v) is 21.5. The van der Waals surface area contributed by atoms with Gasteiger partial charge in [-0.15, -0.1) is 0 Å². The third-order valence-corrected chi connectivity index (χ3v) is 9.71. The molecule has 2 aliphatic heterocycles. The number of hydrogen-bond donors (Lipinski definition) is 2. The Morgan fingerprint density at radius 1 is 1.00 bits per heavy atom. The van der Waals surface area contributed by atoms with E-state index in [4.69, 9.17) is 9.47 Å². The number of hydrogen-bond acceptors (Lipinski definition) is 6. The van der Waals surface area contributed by atoms with Crippen LogP contribution >= 0.6 is 11.8 Å². The molecular weight excluding hydrogens is 492 g/mol. The minimum atomic E-state index is -3.75. The SMILES string of the molecule is COc1cccc(NS(=O)(=O)c2ccc3c(c2)[C@H]2C=CC[C@H]2[C@@H](c2ccc(OC4CSC4)cc2)N3)c1. The summed E-state index contributed by atoms with van der Waals surface area (Å²) in [6.07, 6.45) is 5.70. The summed E-state index contributed by atoms with van der Waals surface area (Å²) in [6, 6.07) is 20.8. The van der Waals surface area contributed by atoms with Crippen LogP contribution in [0, 0.1) is 5.92 Å². The molecule has 1 aliphatic carbocycles. The Morgan fingerprint density at radius 3 is 2.58 bits per heavy atom. The van der Waals surface area contributed by atoms with Crippen molar-refractivity contribution in [2.45, 2.75) is 29.4 Å². The molecule has 2 heterocycles. The van der Waals surface area contributed by atoms with E-state index in [2.05, 4.69) is 46.5 Å². The van der Waals surface area contributed by atoms with Crippen LogP contribution in [0.15, 0.2) is 83.8 Å². The second-order valence-electron chi connectivity index (χ2n) is 9.41. The summed E-state index contributed by atoms with van der Waals surface area (Å²) < 4.78 is 40.3. The van der Waals surface area contributed by atoms with Gasteiger partial charge in [0.05, 0.1) is 23.7 Å². The standard InChI is InChI=1S/C28H28N2O4S2/c1-33-21-5-2-4-19(14-21)30-36(31,32)23-12-13-27-26(15-23)24-6-3-7-25(24)28(29-27)18-8-10-20(11-9-18)34-22-16-35-17-22/h2-6,8-15,22,24-25,28-30H,7,16-17H2,1H3/t24-,25+,28+/m0/s1. The fraction of sp³-hybridized carbons (Fsp3) is 0.286. The third-order valence-electron chi connectivity index (χ3n) is 7.12. The van der Waals surface area contributed by atoms with Gasteiger partial charge in [0.25, 0.3) is 10.0 Å². The van der Waals surface area contributed by atoms with Crippen molar-refractivity contribution in [3.63, 3.8) is 0 Å². The molecule has 0 amide bonds. The van der Waals surface area contributed by atoms with Gasteiger partial charge in [-0.3, -0.25) is 4.72 Å². The fourth-order valence-electron chi connectivity index (χ4n) is 5.20. The zero-order chi connectivity index (χ0) is 24.7. The minimum absolute atomic E-state index is 0.142. The first-order chi connectivity index (χ1) is 17.5. The Hall–Kier alpha value is -3.10. The van der Waals surface area contributed by atoms with Gasteiger partial charge in [-0.1, -0.05) is 30.4 Å². The number of methoxy groups -OCH3 is 1. The molecule has 3 aromatic rings. The van der Waals surface area contributed by atoms with E-state index in [1.807, 2.05) is 23.9 Å². The van der Waals surface area contributed by atoms with Crippen LogP contribution in [0.2, 0.25) is 0 Å². The van der Waals surface area contributed by atoms with Gasteiger partial charge >= 0.3 is 0 Å². The first kappa shape index (κ1) is 23.3. The summed E-state index contributed by atoms with van der Waals surface area (Å²) in [5.74, 6) is 4.10. The molecule has 6 rings (SSSR count). The van der Waals surface area contributed by atoms with Gasteiger partial charge in [0.1, 0.15) is 17.6 Å². The molecule has 8 heteroatoms. The van der Waals surface area contributed by atoms with E-state index in [0.29, 0.717) is 23.5 Å². The van der Waals surface area contributed by atoms with Crippen LogP contribution in [0.4, 0.5) is 11.4 Å². The predicted molar refractivity (Wildman–Crippen MR) is 145 cm³/mol. The van der Waals surface area contributed by atoms with Crippen LogP contribution < -0.4 is 19.5 Å². The van der Waals surface area contributed by atoms with Gasteiger partial charge in [-0.05, 0) is 65.9 Å². The average molecular weight is 521 g/mol. The first-order valence-electron chi connectivity index (χ1n) is 12.1. The molecule has 1 saturated heterocycles. The van der Waals surface area contributed by atoms with Gasteiger partial charge in [0.2, 0.25) is 0 Å². The molecule has 3 aliphatic rings. The molecule has 3 atom stereocenters. The van der Waals surface area contributed by atoms with E-state index >= 15 is 0 Å². The Bertz CT molecular complexity index is 1400. The monoisotopic (exact) mass is 520 g/mol.